The zero-order valence-corrected chi connectivity index (χ0v) is 7.11. The first-order chi connectivity index (χ1) is 6.47. The van der Waals surface area contributed by atoms with E-state index in [0.29, 0.717) is 0 Å². The first-order valence-electron chi connectivity index (χ1n) is 4.10. The number of nitrogens with zero attached hydrogens (tertiary/aromatic N) is 4. The Kier molecular flexibility index (Phi) is 2.22. The summed E-state index contributed by atoms with van der Waals surface area (Å²) in [5.41, 5.74) is 0. The molecule has 0 unspecified atom stereocenters. The smallest absolute Gasteiger partial charge is 0.0791 e. The van der Waals surface area contributed by atoms with E-state index in [2.05, 4.69) is 10.2 Å². The molecule has 0 fully saturated rings. The maximum atomic E-state index is 4.15. The molecule has 0 radical (unpaired) electrons. The first kappa shape index (κ1) is 7.79. The van der Waals surface area contributed by atoms with Crippen LogP contribution < -0.4 is 0 Å². The third kappa shape index (κ3) is 1.84. The normalized spacial score (nSPS) is 27.1. The highest BCUT2D eigenvalue weighted by Crippen LogP contribution is 2.05. The van der Waals surface area contributed by atoms with Crippen molar-refractivity contribution in [3.05, 3.63) is 36.6 Å². The van der Waals surface area contributed by atoms with Gasteiger partial charge in [0.2, 0.25) is 0 Å². The lowest BCUT2D eigenvalue weighted by atomic mass is 10.4. The van der Waals surface area contributed by atoms with Crippen LogP contribution in [0.15, 0.2) is 46.8 Å². The quantitative estimate of drug-likeness (QED) is 0.551. The molecule has 66 valence electrons. The topological polar surface area (TPSA) is 31.2 Å². The van der Waals surface area contributed by atoms with Crippen LogP contribution in [-0.2, 0) is 0 Å². The molecule has 0 aliphatic carbocycles. The van der Waals surface area contributed by atoms with Gasteiger partial charge in [-0.05, 0) is 6.08 Å². The van der Waals surface area contributed by atoms with Gasteiger partial charge in [0.05, 0.1) is 19.0 Å². The number of allylic oxidation sites excluding steroid dienone is 4. The Morgan fingerprint density at radius 3 is 2.77 bits per heavy atom. The monoisotopic (exact) mass is 174 g/mol. The highest BCUT2D eigenvalue weighted by atomic mass is 15.9. The second kappa shape index (κ2) is 3.71. The highest BCUT2D eigenvalue weighted by molar-refractivity contribution is 6.16. The minimum atomic E-state index is 0.725. The summed E-state index contributed by atoms with van der Waals surface area (Å²) in [7, 11) is 0. The molecule has 0 N–H and O–H groups in total. The Labute approximate surface area is 76.8 Å². The molecule has 4 nitrogen and oxygen atoms in total. The van der Waals surface area contributed by atoms with Gasteiger partial charge in [-0.1, -0.05) is 24.3 Å². The fourth-order valence-corrected chi connectivity index (χ4v) is 1.05. The van der Waals surface area contributed by atoms with Gasteiger partial charge in [-0.25, -0.2) is 0 Å². The third-order valence-electron chi connectivity index (χ3n) is 1.65. The Morgan fingerprint density at radius 1 is 0.923 bits per heavy atom. The van der Waals surface area contributed by atoms with E-state index in [9.17, 15) is 0 Å². The zero-order valence-electron chi connectivity index (χ0n) is 7.11. The summed E-state index contributed by atoms with van der Waals surface area (Å²) in [6, 6.07) is 0. The molecule has 2 heterocycles. The van der Waals surface area contributed by atoms with Crippen molar-refractivity contribution in [1.29, 1.82) is 0 Å². The van der Waals surface area contributed by atoms with E-state index in [-0.39, 0.29) is 0 Å². The van der Waals surface area contributed by atoms with Crippen LogP contribution in [0.5, 0.6) is 0 Å². The van der Waals surface area contributed by atoms with Crippen molar-refractivity contribution in [3.63, 3.8) is 0 Å². The van der Waals surface area contributed by atoms with Crippen molar-refractivity contribution >= 4 is 12.4 Å². The van der Waals surface area contributed by atoms with Crippen molar-refractivity contribution < 1.29 is 0 Å². The van der Waals surface area contributed by atoms with Gasteiger partial charge in [-0.15, -0.1) is 0 Å². The summed E-state index contributed by atoms with van der Waals surface area (Å²) in [5, 5.41) is 11.7. The Hall–Kier alpha value is -1.84. The van der Waals surface area contributed by atoms with Gasteiger partial charge in [0.25, 0.3) is 0 Å². The van der Waals surface area contributed by atoms with Crippen LogP contribution >= 0.6 is 0 Å². The molecule has 2 rings (SSSR count). The van der Waals surface area contributed by atoms with E-state index >= 15 is 0 Å². The van der Waals surface area contributed by atoms with Crippen LogP contribution in [0, 0.1) is 0 Å². The Bertz CT molecular complexity index is 312. The largest absolute Gasteiger partial charge is 0.181 e. The molecule has 13 heavy (non-hydrogen) atoms. The van der Waals surface area contributed by atoms with E-state index in [0.717, 1.165) is 6.54 Å². The fraction of sp³-hybridized carbons (Fsp3) is 0.111. The van der Waals surface area contributed by atoms with Crippen LogP contribution in [0.3, 0.4) is 0 Å². The number of hydrogen-bond donors (Lipinski definition) is 0. The maximum absolute atomic E-state index is 4.15. The Balaban J connectivity index is 2.20. The van der Waals surface area contributed by atoms with Crippen molar-refractivity contribution in [2.75, 3.05) is 6.54 Å². The summed E-state index contributed by atoms with van der Waals surface area (Å²) in [5.74, 6) is 0. The predicted octanol–water partition coefficient (Wildman–Crippen LogP) is 1.13. The fourth-order valence-electron chi connectivity index (χ4n) is 1.05. The lowest BCUT2D eigenvalue weighted by molar-refractivity contribution is 0.0390. The van der Waals surface area contributed by atoms with Crippen LogP contribution in [0.4, 0.5) is 0 Å². The second-order valence-corrected chi connectivity index (χ2v) is 2.56. The van der Waals surface area contributed by atoms with Crippen molar-refractivity contribution in [3.8, 4) is 0 Å². The SMILES string of the molecule is C1=NN2/C=C/C=C\C=C\CN2N=C1. The van der Waals surface area contributed by atoms with E-state index in [1.165, 1.54) is 0 Å². The van der Waals surface area contributed by atoms with Gasteiger partial charge >= 0.3 is 0 Å². The molecule has 0 aromatic heterocycles. The minimum Gasteiger partial charge on any atom is -0.181 e. The molecule has 0 spiro atoms. The lowest BCUT2D eigenvalue weighted by Gasteiger charge is -2.27. The minimum absolute atomic E-state index is 0.725. The van der Waals surface area contributed by atoms with Crippen LogP contribution in [0.1, 0.15) is 0 Å². The average Bonchev–Trinajstić information content (AvgIpc) is 2.28. The summed E-state index contributed by atoms with van der Waals surface area (Å²) in [6.07, 6.45) is 15.0. The number of fused-ring (bicyclic) bond motifs is 1. The van der Waals surface area contributed by atoms with Crippen LogP contribution in [-0.4, -0.2) is 29.2 Å². The molecule has 2 aliphatic heterocycles. The van der Waals surface area contributed by atoms with Gasteiger partial charge in [-0.2, -0.15) is 20.4 Å². The molecular formula is C9H10N4. The summed E-state index contributed by atoms with van der Waals surface area (Å²) in [6.45, 7) is 0.725. The maximum Gasteiger partial charge on any atom is 0.0791 e. The molecule has 2 aliphatic rings. The van der Waals surface area contributed by atoms with E-state index in [4.69, 9.17) is 0 Å². The molecule has 0 aromatic carbocycles. The van der Waals surface area contributed by atoms with Gasteiger partial charge in [0.1, 0.15) is 0 Å². The summed E-state index contributed by atoms with van der Waals surface area (Å²) >= 11 is 0. The highest BCUT2D eigenvalue weighted by Gasteiger charge is 2.07. The van der Waals surface area contributed by atoms with E-state index in [1.807, 2.05) is 36.6 Å². The van der Waals surface area contributed by atoms with Crippen molar-refractivity contribution in [1.82, 2.24) is 10.2 Å². The molecular weight excluding hydrogens is 164 g/mol. The van der Waals surface area contributed by atoms with Crippen LogP contribution in [0.2, 0.25) is 0 Å². The number of rotatable bonds is 0. The number of hydrazine groups is 1. The first-order valence-corrected chi connectivity index (χ1v) is 4.10. The molecule has 0 saturated heterocycles. The third-order valence-corrected chi connectivity index (χ3v) is 1.65. The number of hydrazone groups is 2. The van der Waals surface area contributed by atoms with E-state index < -0.39 is 0 Å². The zero-order chi connectivity index (χ0) is 8.93. The summed E-state index contributed by atoms with van der Waals surface area (Å²) < 4.78 is 0. The van der Waals surface area contributed by atoms with Gasteiger partial charge in [0, 0.05) is 6.20 Å². The van der Waals surface area contributed by atoms with E-state index in [1.54, 1.807) is 22.7 Å². The average molecular weight is 174 g/mol. The van der Waals surface area contributed by atoms with Crippen molar-refractivity contribution in [2.24, 2.45) is 10.2 Å². The standard InChI is InChI=1S/C9H10N4/c1-2-4-8-12-10-6-7-11-13(12)9-5-3-1/h1-8H,9H2/b2-1-,5-3+,8-4+. The molecule has 0 aromatic rings. The molecule has 0 amide bonds. The van der Waals surface area contributed by atoms with Crippen LogP contribution in [0.25, 0.3) is 0 Å². The van der Waals surface area contributed by atoms with Crippen molar-refractivity contribution in [2.45, 2.75) is 0 Å². The predicted molar refractivity (Wildman–Crippen MR) is 52.9 cm³/mol. The number of hydrogen-bond acceptors (Lipinski definition) is 4. The second-order valence-electron chi connectivity index (χ2n) is 2.56. The van der Waals surface area contributed by atoms with Gasteiger partial charge in [-0.3, -0.25) is 0 Å². The molecule has 0 atom stereocenters. The van der Waals surface area contributed by atoms with Gasteiger partial charge in [0.15, 0.2) is 0 Å². The summed E-state index contributed by atoms with van der Waals surface area (Å²) in [4.78, 5) is 0. The molecule has 0 bridgehead atoms. The molecule has 4 heteroatoms. The molecule has 0 saturated carbocycles. The Morgan fingerprint density at radius 2 is 1.77 bits per heavy atom. The lowest BCUT2D eigenvalue weighted by Crippen LogP contribution is -2.33. The van der Waals surface area contributed by atoms with Gasteiger partial charge < -0.3 is 0 Å².